The second kappa shape index (κ2) is 5.86. The summed E-state index contributed by atoms with van der Waals surface area (Å²) in [4.78, 5) is 0. The number of hydrogen-bond donors (Lipinski definition) is 0. The van der Waals surface area contributed by atoms with Gasteiger partial charge in [0.1, 0.15) is 0 Å². The maximum absolute atomic E-state index is 2.32. The molecule has 94 valence electrons. The van der Waals surface area contributed by atoms with E-state index >= 15 is 0 Å². The quantitative estimate of drug-likeness (QED) is 0.683. The zero-order chi connectivity index (χ0) is 13.0. The third kappa shape index (κ3) is 3.01. The van der Waals surface area contributed by atoms with Crippen molar-refractivity contribution >= 4 is 0 Å². The van der Waals surface area contributed by atoms with Crippen LogP contribution in [0.15, 0.2) is 48.5 Å². The van der Waals surface area contributed by atoms with E-state index in [2.05, 4.69) is 69.3 Å². The van der Waals surface area contributed by atoms with Gasteiger partial charge in [-0.25, -0.2) is 0 Å². The predicted octanol–water partition coefficient (Wildman–Crippen LogP) is 5.24. The van der Waals surface area contributed by atoms with Crippen molar-refractivity contribution in [3.63, 3.8) is 0 Å². The molecule has 0 atom stereocenters. The maximum Gasteiger partial charge on any atom is 0.00894 e. The Morgan fingerprint density at radius 3 is 1.72 bits per heavy atom. The fourth-order valence-corrected chi connectivity index (χ4v) is 2.59. The molecule has 2 aromatic carbocycles. The second-order valence-corrected chi connectivity index (χ2v) is 5.17. The Morgan fingerprint density at radius 1 is 0.833 bits per heavy atom. The van der Waals surface area contributed by atoms with Gasteiger partial charge >= 0.3 is 0 Å². The lowest BCUT2D eigenvalue weighted by Gasteiger charge is -2.18. The van der Waals surface area contributed by atoms with Gasteiger partial charge in [0.2, 0.25) is 0 Å². The molecular formula is C18H22. The van der Waals surface area contributed by atoms with Crippen molar-refractivity contribution in [3.8, 4) is 0 Å². The highest BCUT2D eigenvalue weighted by atomic mass is 14.2. The van der Waals surface area contributed by atoms with E-state index in [1.807, 2.05) is 0 Å². The molecule has 0 fully saturated rings. The van der Waals surface area contributed by atoms with Gasteiger partial charge in [-0.2, -0.15) is 0 Å². The third-order valence-corrected chi connectivity index (χ3v) is 3.47. The molecule has 0 heterocycles. The first kappa shape index (κ1) is 12.9. The number of aryl methyl sites for hydroxylation is 2. The van der Waals surface area contributed by atoms with Gasteiger partial charge < -0.3 is 0 Å². The molecule has 0 nitrogen and oxygen atoms in total. The van der Waals surface area contributed by atoms with E-state index in [1.165, 1.54) is 35.1 Å². The summed E-state index contributed by atoms with van der Waals surface area (Å²) < 4.78 is 0. The average molecular weight is 238 g/mol. The van der Waals surface area contributed by atoms with Crippen LogP contribution in [0.25, 0.3) is 0 Å². The van der Waals surface area contributed by atoms with Crippen LogP contribution >= 0.6 is 0 Å². The van der Waals surface area contributed by atoms with Gasteiger partial charge in [-0.3, -0.25) is 0 Å². The molecule has 0 radical (unpaired) electrons. The first-order valence-corrected chi connectivity index (χ1v) is 6.84. The Morgan fingerprint density at radius 2 is 1.33 bits per heavy atom. The Balaban J connectivity index is 2.39. The van der Waals surface area contributed by atoms with E-state index in [-0.39, 0.29) is 0 Å². The predicted molar refractivity (Wildman–Crippen MR) is 79.1 cm³/mol. The second-order valence-electron chi connectivity index (χ2n) is 5.17. The molecule has 0 aromatic heterocycles. The molecule has 0 saturated carbocycles. The van der Waals surface area contributed by atoms with Crippen molar-refractivity contribution in [3.05, 3.63) is 70.8 Å². The van der Waals surface area contributed by atoms with E-state index in [1.54, 1.807) is 0 Å². The Labute approximate surface area is 111 Å². The smallest absolute Gasteiger partial charge is 0.00894 e. The highest BCUT2D eigenvalue weighted by Gasteiger charge is 2.13. The summed E-state index contributed by atoms with van der Waals surface area (Å²) in [5.41, 5.74) is 5.59. The summed E-state index contributed by atoms with van der Waals surface area (Å²) in [5.74, 6) is 0.537. The van der Waals surface area contributed by atoms with E-state index < -0.39 is 0 Å². The summed E-state index contributed by atoms with van der Waals surface area (Å²) in [6, 6.07) is 17.8. The summed E-state index contributed by atoms with van der Waals surface area (Å²) in [7, 11) is 0. The van der Waals surface area contributed by atoms with E-state index in [0.29, 0.717) is 5.92 Å². The van der Waals surface area contributed by atoms with Crippen molar-refractivity contribution in [1.82, 2.24) is 0 Å². The van der Waals surface area contributed by atoms with Gasteiger partial charge in [-0.05, 0) is 31.4 Å². The average Bonchev–Trinajstić information content (AvgIpc) is 2.36. The Kier molecular flexibility index (Phi) is 4.19. The molecule has 0 spiro atoms. The van der Waals surface area contributed by atoms with Crippen LogP contribution in [0.3, 0.4) is 0 Å². The minimum atomic E-state index is 0.537. The Bertz CT molecular complexity index is 465. The SMILES string of the molecule is CCCC(c1cccc(C)c1)c1cccc(C)c1. The molecule has 0 aliphatic rings. The molecule has 0 aliphatic carbocycles. The lowest BCUT2D eigenvalue weighted by atomic mass is 9.86. The summed E-state index contributed by atoms with van der Waals surface area (Å²) in [6.45, 7) is 6.60. The molecule has 0 N–H and O–H groups in total. The van der Waals surface area contributed by atoms with Crippen molar-refractivity contribution in [2.45, 2.75) is 39.5 Å². The van der Waals surface area contributed by atoms with Gasteiger partial charge in [0, 0.05) is 5.92 Å². The molecule has 0 amide bonds. The topological polar surface area (TPSA) is 0 Å². The third-order valence-electron chi connectivity index (χ3n) is 3.47. The molecule has 0 aliphatic heterocycles. The van der Waals surface area contributed by atoms with Gasteiger partial charge in [-0.15, -0.1) is 0 Å². The summed E-state index contributed by atoms with van der Waals surface area (Å²) >= 11 is 0. The lowest BCUT2D eigenvalue weighted by Crippen LogP contribution is -2.01. The van der Waals surface area contributed by atoms with Crippen molar-refractivity contribution in [2.24, 2.45) is 0 Å². The van der Waals surface area contributed by atoms with Crippen LogP contribution in [0.5, 0.6) is 0 Å². The molecule has 2 aromatic rings. The van der Waals surface area contributed by atoms with E-state index in [9.17, 15) is 0 Å². The van der Waals surface area contributed by atoms with Crippen molar-refractivity contribution < 1.29 is 0 Å². The molecule has 0 unspecified atom stereocenters. The summed E-state index contributed by atoms with van der Waals surface area (Å²) in [6.07, 6.45) is 2.43. The van der Waals surface area contributed by atoms with Crippen LogP contribution in [-0.2, 0) is 0 Å². The van der Waals surface area contributed by atoms with Gasteiger partial charge in [0.05, 0.1) is 0 Å². The number of benzene rings is 2. The first-order valence-electron chi connectivity index (χ1n) is 6.84. The zero-order valence-corrected chi connectivity index (χ0v) is 11.6. The fraction of sp³-hybridized carbons (Fsp3) is 0.333. The van der Waals surface area contributed by atoms with Crippen LogP contribution in [0.4, 0.5) is 0 Å². The van der Waals surface area contributed by atoms with E-state index in [4.69, 9.17) is 0 Å². The van der Waals surface area contributed by atoms with Crippen LogP contribution in [0, 0.1) is 13.8 Å². The van der Waals surface area contributed by atoms with Crippen LogP contribution in [0.1, 0.15) is 47.9 Å². The number of hydrogen-bond acceptors (Lipinski definition) is 0. The molecule has 18 heavy (non-hydrogen) atoms. The van der Waals surface area contributed by atoms with E-state index in [0.717, 1.165) is 0 Å². The first-order chi connectivity index (χ1) is 8.70. The van der Waals surface area contributed by atoms with Crippen molar-refractivity contribution in [2.75, 3.05) is 0 Å². The van der Waals surface area contributed by atoms with Crippen LogP contribution in [-0.4, -0.2) is 0 Å². The highest BCUT2D eigenvalue weighted by molar-refractivity contribution is 5.36. The van der Waals surface area contributed by atoms with Crippen molar-refractivity contribution in [1.29, 1.82) is 0 Å². The lowest BCUT2D eigenvalue weighted by molar-refractivity contribution is 0.697. The molecule has 0 bridgehead atoms. The monoisotopic (exact) mass is 238 g/mol. The maximum atomic E-state index is 2.32. The largest absolute Gasteiger partial charge is 0.0653 e. The minimum absolute atomic E-state index is 0.537. The zero-order valence-electron chi connectivity index (χ0n) is 11.6. The van der Waals surface area contributed by atoms with Crippen LogP contribution in [0.2, 0.25) is 0 Å². The van der Waals surface area contributed by atoms with Gasteiger partial charge in [0.15, 0.2) is 0 Å². The molecule has 2 rings (SSSR count). The Hall–Kier alpha value is -1.56. The number of rotatable bonds is 4. The summed E-state index contributed by atoms with van der Waals surface area (Å²) in [5, 5.41) is 0. The van der Waals surface area contributed by atoms with Gasteiger partial charge in [-0.1, -0.05) is 73.0 Å². The fourth-order valence-electron chi connectivity index (χ4n) is 2.59. The van der Waals surface area contributed by atoms with Gasteiger partial charge in [0.25, 0.3) is 0 Å². The highest BCUT2D eigenvalue weighted by Crippen LogP contribution is 2.30. The molecular weight excluding hydrogens is 216 g/mol. The minimum Gasteiger partial charge on any atom is -0.0653 e. The standard InChI is InChI=1S/C18H22/c1-4-7-18(16-10-5-8-14(2)12-16)17-11-6-9-15(3)13-17/h5-6,8-13,18H,4,7H2,1-3H3. The molecule has 0 heteroatoms. The van der Waals surface area contributed by atoms with Crippen LogP contribution < -0.4 is 0 Å². The normalized spacial score (nSPS) is 10.9. The molecule has 0 saturated heterocycles.